The summed E-state index contributed by atoms with van der Waals surface area (Å²) < 4.78 is 15.2. The molecule has 1 N–H and O–H groups in total. The standard InChI is InChI=1S/C23H25FN6OS/c1-3-18-22(28(2)23-26-19(14-32-23)15-6-8-16(24)9-7-15)30-20(25-18)10-11-21(27-30)29-12-4-5-17(29)13-31/h6-11,14,17,31H,3-5,12-13H2,1-2H3/t17-/m1/s1. The van der Waals surface area contributed by atoms with E-state index in [1.807, 2.05) is 34.0 Å². The number of nitrogens with zero attached hydrogens (tertiary/aromatic N) is 6. The highest BCUT2D eigenvalue weighted by Gasteiger charge is 2.26. The van der Waals surface area contributed by atoms with Crippen LogP contribution in [0.3, 0.4) is 0 Å². The van der Waals surface area contributed by atoms with Crippen molar-refractivity contribution in [1.82, 2.24) is 19.6 Å². The summed E-state index contributed by atoms with van der Waals surface area (Å²) in [6, 6.07) is 10.4. The van der Waals surface area contributed by atoms with E-state index < -0.39 is 0 Å². The summed E-state index contributed by atoms with van der Waals surface area (Å²) in [4.78, 5) is 13.8. The van der Waals surface area contributed by atoms with Crippen LogP contribution in [0, 0.1) is 5.82 Å². The van der Waals surface area contributed by atoms with E-state index >= 15 is 0 Å². The van der Waals surface area contributed by atoms with Gasteiger partial charge in [-0.1, -0.05) is 6.92 Å². The van der Waals surface area contributed by atoms with Gasteiger partial charge in [-0.3, -0.25) is 0 Å². The zero-order valence-corrected chi connectivity index (χ0v) is 18.9. The van der Waals surface area contributed by atoms with Gasteiger partial charge >= 0.3 is 0 Å². The van der Waals surface area contributed by atoms with E-state index in [0.29, 0.717) is 0 Å². The molecule has 1 aliphatic heterocycles. The molecule has 1 aromatic carbocycles. The fourth-order valence-corrected chi connectivity index (χ4v) is 5.07. The SMILES string of the molecule is CCc1nc2ccc(N3CCC[C@@H]3CO)nn2c1N(C)c1nc(-c2ccc(F)cc2)cs1. The minimum Gasteiger partial charge on any atom is -0.394 e. The van der Waals surface area contributed by atoms with Crippen molar-refractivity contribution in [1.29, 1.82) is 0 Å². The van der Waals surface area contributed by atoms with E-state index in [0.717, 1.165) is 65.2 Å². The molecule has 1 atom stereocenters. The van der Waals surface area contributed by atoms with Crippen molar-refractivity contribution < 1.29 is 9.50 Å². The molecule has 0 bridgehead atoms. The van der Waals surface area contributed by atoms with Gasteiger partial charge in [0.1, 0.15) is 11.6 Å². The number of rotatable bonds is 6. The Morgan fingerprint density at radius 3 is 2.75 bits per heavy atom. The van der Waals surface area contributed by atoms with Gasteiger partial charge in [-0.05, 0) is 55.7 Å². The number of imidazole rings is 1. The largest absolute Gasteiger partial charge is 0.394 e. The van der Waals surface area contributed by atoms with Gasteiger partial charge in [-0.15, -0.1) is 16.4 Å². The zero-order valence-electron chi connectivity index (χ0n) is 18.1. The molecule has 1 saturated heterocycles. The molecule has 4 aromatic rings. The van der Waals surface area contributed by atoms with Crippen molar-refractivity contribution in [2.24, 2.45) is 0 Å². The summed E-state index contributed by atoms with van der Waals surface area (Å²) in [7, 11) is 1.97. The third-order valence-electron chi connectivity index (χ3n) is 5.96. The third kappa shape index (κ3) is 3.61. The number of fused-ring (bicyclic) bond motifs is 1. The molecule has 0 saturated carbocycles. The number of aliphatic hydroxyl groups is 1. The van der Waals surface area contributed by atoms with Crippen LogP contribution in [0.1, 0.15) is 25.5 Å². The van der Waals surface area contributed by atoms with Gasteiger partial charge in [0.05, 0.1) is 24.0 Å². The molecule has 0 spiro atoms. The smallest absolute Gasteiger partial charge is 0.191 e. The normalized spacial score (nSPS) is 16.2. The minimum absolute atomic E-state index is 0.104. The Morgan fingerprint density at radius 1 is 1.19 bits per heavy atom. The monoisotopic (exact) mass is 452 g/mol. The first kappa shape index (κ1) is 20.8. The van der Waals surface area contributed by atoms with Crippen molar-refractivity contribution in [2.45, 2.75) is 32.2 Å². The van der Waals surface area contributed by atoms with E-state index in [1.165, 1.54) is 23.5 Å². The van der Waals surface area contributed by atoms with E-state index in [-0.39, 0.29) is 18.5 Å². The molecular weight excluding hydrogens is 427 g/mol. The maximum Gasteiger partial charge on any atom is 0.191 e. The molecular formula is C23H25FN6OS. The fourth-order valence-electron chi connectivity index (χ4n) is 4.27. The van der Waals surface area contributed by atoms with Crippen molar-refractivity contribution in [3.63, 3.8) is 0 Å². The average molecular weight is 453 g/mol. The number of hydrogen-bond donors (Lipinski definition) is 1. The number of thiazole rings is 1. The summed E-state index contributed by atoms with van der Waals surface area (Å²) in [5, 5.41) is 17.4. The Hall–Kier alpha value is -3.04. The average Bonchev–Trinajstić information content (AvgIpc) is 3.56. The Bertz CT molecular complexity index is 1240. The summed E-state index contributed by atoms with van der Waals surface area (Å²) >= 11 is 1.52. The van der Waals surface area contributed by atoms with Gasteiger partial charge in [-0.25, -0.2) is 14.4 Å². The lowest BCUT2D eigenvalue weighted by atomic mass is 10.2. The molecule has 7 nitrogen and oxygen atoms in total. The second-order valence-corrected chi connectivity index (χ2v) is 8.79. The Morgan fingerprint density at radius 2 is 2.00 bits per heavy atom. The van der Waals surface area contributed by atoms with Gasteiger partial charge in [0.2, 0.25) is 0 Å². The summed E-state index contributed by atoms with van der Waals surface area (Å²) in [6.45, 7) is 3.09. The minimum atomic E-state index is -0.261. The first-order valence-electron chi connectivity index (χ1n) is 10.8. The van der Waals surface area contributed by atoms with Crippen LogP contribution >= 0.6 is 11.3 Å². The number of hydrogen-bond acceptors (Lipinski definition) is 7. The molecule has 0 unspecified atom stereocenters. The molecule has 1 fully saturated rings. The Kier molecular flexibility index (Phi) is 5.52. The first-order chi connectivity index (χ1) is 15.6. The van der Waals surface area contributed by atoms with Crippen LogP contribution in [0.2, 0.25) is 0 Å². The first-order valence-corrected chi connectivity index (χ1v) is 11.7. The van der Waals surface area contributed by atoms with Gasteiger partial charge in [-0.2, -0.15) is 4.52 Å². The number of aromatic nitrogens is 4. The molecule has 1 aliphatic rings. The highest BCUT2D eigenvalue weighted by molar-refractivity contribution is 7.14. The van der Waals surface area contributed by atoms with Crippen LogP contribution in [-0.4, -0.2) is 50.9 Å². The van der Waals surface area contributed by atoms with Crippen LogP contribution in [0.25, 0.3) is 16.9 Å². The molecule has 0 amide bonds. The molecule has 166 valence electrons. The molecule has 0 aliphatic carbocycles. The summed E-state index contributed by atoms with van der Waals surface area (Å²) in [6.07, 6.45) is 2.78. The van der Waals surface area contributed by atoms with Crippen molar-refractivity contribution in [3.8, 4) is 11.3 Å². The molecule has 5 rings (SSSR count). The van der Waals surface area contributed by atoms with Crippen LogP contribution in [-0.2, 0) is 6.42 Å². The quantitative estimate of drug-likeness (QED) is 0.471. The lowest BCUT2D eigenvalue weighted by molar-refractivity contribution is 0.266. The predicted molar refractivity (Wildman–Crippen MR) is 125 cm³/mol. The molecule has 32 heavy (non-hydrogen) atoms. The Labute approximate surface area is 189 Å². The fraction of sp³-hybridized carbons (Fsp3) is 0.348. The number of halogens is 1. The van der Waals surface area contributed by atoms with Crippen molar-refractivity contribution >= 4 is 33.8 Å². The van der Waals surface area contributed by atoms with Crippen molar-refractivity contribution in [2.75, 3.05) is 30.0 Å². The van der Waals surface area contributed by atoms with E-state index in [1.54, 1.807) is 12.1 Å². The molecule has 3 aromatic heterocycles. The molecule has 4 heterocycles. The van der Waals surface area contributed by atoms with Gasteiger partial charge in [0.15, 0.2) is 16.6 Å². The Balaban J connectivity index is 1.54. The lowest BCUT2D eigenvalue weighted by Gasteiger charge is -2.24. The topological polar surface area (TPSA) is 69.8 Å². The van der Waals surface area contributed by atoms with Crippen LogP contribution < -0.4 is 9.80 Å². The second kappa shape index (κ2) is 8.48. The highest BCUT2D eigenvalue weighted by Crippen LogP contribution is 2.34. The van der Waals surface area contributed by atoms with Gasteiger partial charge in [0.25, 0.3) is 0 Å². The van der Waals surface area contributed by atoms with E-state index in [4.69, 9.17) is 15.1 Å². The maximum absolute atomic E-state index is 13.3. The lowest BCUT2D eigenvalue weighted by Crippen LogP contribution is -2.33. The highest BCUT2D eigenvalue weighted by atomic mass is 32.1. The zero-order chi connectivity index (χ0) is 22.2. The number of benzene rings is 1. The summed E-state index contributed by atoms with van der Waals surface area (Å²) in [5.74, 6) is 1.46. The third-order valence-corrected chi connectivity index (χ3v) is 6.88. The molecule has 9 heteroatoms. The van der Waals surface area contributed by atoms with Gasteiger partial charge < -0.3 is 14.9 Å². The number of aliphatic hydroxyl groups excluding tert-OH is 1. The van der Waals surface area contributed by atoms with Gasteiger partial charge in [0, 0.05) is 24.5 Å². The van der Waals surface area contributed by atoms with Crippen molar-refractivity contribution in [3.05, 3.63) is 53.3 Å². The molecule has 0 radical (unpaired) electrons. The number of anilines is 3. The van der Waals surface area contributed by atoms with E-state index in [9.17, 15) is 9.50 Å². The second-order valence-electron chi connectivity index (χ2n) is 7.95. The van der Waals surface area contributed by atoms with Crippen LogP contribution in [0.4, 0.5) is 21.2 Å². The van der Waals surface area contributed by atoms with E-state index in [2.05, 4.69) is 11.8 Å². The van der Waals surface area contributed by atoms with Crippen LogP contribution in [0.15, 0.2) is 41.8 Å². The summed E-state index contributed by atoms with van der Waals surface area (Å²) in [5.41, 5.74) is 3.40. The predicted octanol–water partition coefficient (Wildman–Crippen LogP) is 4.28. The number of aryl methyl sites for hydroxylation is 1. The van der Waals surface area contributed by atoms with Crippen LogP contribution in [0.5, 0.6) is 0 Å². The maximum atomic E-state index is 13.3.